The maximum atomic E-state index is 5.21. The topological polar surface area (TPSA) is 41.3 Å². The zero-order chi connectivity index (χ0) is 11.7. The van der Waals surface area contributed by atoms with Crippen LogP contribution in [-0.4, -0.2) is 35.2 Å². The molecule has 1 saturated heterocycles. The number of hydrogen-bond acceptors (Lipinski definition) is 4. The van der Waals surface area contributed by atoms with Crippen molar-refractivity contribution in [3.8, 4) is 0 Å². The lowest BCUT2D eigenvalue weighted by atomic mass is 9.95. The van der Waals surface area contributed by atoms with Gasteiger partial charge in [-0.05, 0) is 45.2 Å². The van der Waals surface area contributed by atoms with Crippen LogP contribution in [0.1, 0.15) is 31.9 Å². The Morgan fingerprint density at radius 2 is 2.47 bits per heavy atom. The van der Waals surface area contributed by atoms with Crippen LogP contribution >= 0.6 is 0 Å². The summed E-state index contributed by atoms with van der Waals surface area (Å²) in [6, 6.07) is 1.97. The van der Waals surface area contributed by atoms with Gasteiger partial charge in [0.15, 0.2) is 5.76 Å². The van der Waals surface area contributed by atoms with Crippen molar-refractivity contribution < 1.29 is 4.52 Å². The van der Waals surface area contributed by atoms with E-state index >= 15 is 0 Å². The molecule has 0 amide bonds. The molecule has 0 spiro atoms. The van der Waals surface area contributed by atoms with Crippen LogP contribution in [0, 0.1) is 5.92 Å². The molecule has 2 aliphatic rings. The van der Waals surface area contributed by atoms with Gasteiger partial charge in [-0.15, -0.1) is 0 Å². The van der Waals surface area contributed by atoms with Gasteiger partial charge in [0, 0.05) is 18.2 Å². The van der Waals surface area contributed by atoms with Gasteiger partial charge in [-0.3, -0.25) is 4.90 Å². The predicted molar refractivity (Wildman–Crippen MR) is 65.5 cm³/mol. The summed E-state index contributed by atoms with van der Waals surface area (Å²) in [4.78, 5) is 2.50. The molecular formula is C13H21N3O. The van der Waals surface area contributed by atoms with Crippen LogP contribution in [0.4, 0.5) is 0 Å². The highest BCUT2D eigenvalue weighted by atomic mass is 16.5. The van der Waals surface area contributed by atoms with E-state index in [4.69, 9.17) is 4.52 Å². The van der Waals surface area contributed by atoms with Crippen LogP contribution < -0.4 is 5.32 Å². The molecule has 1 unspecified atom stereocenters. The Kier molecular flexibility index (Phi) is 2.92. The summed E-state index contributed by atoms with van der Waals surface area (Å²) >= 11 is 0. The quantitative estimate of drug-likeness (QED) is 0.864. The summed E-state index contributed by atoms with van der Waals surface area (Å²) in [5.74, 6) is 1.85. The zero-order valence-corrected chi connectivity index (χ0v) is 10.5. The van der Waals surface area contributed by atoms with E-state index in [1.165, 1.54) is 19.3 Å². The molecule has 2 fully saturated rings. The average molecular weight is 235 g/mol. The van der Waals surface area contributed by atoms with Crippen molar-refractivity contribution in [1.29, 1.82) is 0 Å². The Morgan fingerprint density at radius 1 is 1.59 bits per heavy atom. The summed E-state index contributed by atoms with van der Waals surface area (Å²) in [6.07, 6.45) is 5.72. The Hall–Kier alpha value is -0.870. The third-order valence-corrected chi connectivity index (χ3v) is 4.08. The molecule has 0 aromatic carbocycles. The van der Waals surface area contributed by atoms with E-state index in [1.807, 2.05) is 6.07 Å². The highest BCUT2D eigenvalue weighted by molar-refractivity contribution is 5.02. The normalized spacial score (nSPS) is 31.4. The van der Waals surface area contributed by atoms with Crippen molar-refractivity contribution in [2.45, 2.75) is 38.3 Å². The fourth-order valence-electron chi connectivity index (χ4n) is 2.95. The highest BCUT2D eigenvalue weighted by Gasteiger charge is 2.42. The van der Waals surface area contributed by atoms with Gasteiger partial charge in [0.2, 0.25) is 0 Å². The smallest absolute Gasteiger partial charge is 0.150 e. The second-order valence-electron chi connectivity index (χ2n) is 5.66. The molecule has 0 bridgehead atoms. The zero-order valence-electron chi connectivity index (χ0n) is 10.5. The summed E-state index contributed by atoms with van der Waals surface area (Å²) in [6.45, 7) is 6.68. The van der Waals surface area contributed by atoms with E-state index in [1.54, 1.807) is 6.20 Å². The molecule has 1 aliphatic carbocycles. The molecule has 17 heavy (non-hydrogen) atoms. The third-order valence-electron chi connectivity index (χ3n) is 4.08. The van der Waals surface area contributed by atoms with Crippen molar-refractivity contribution in [1.82, 2.24) is 15.4 Å². The van der Waals surface area contributed by atoms with Crippen molar-refractivity contribution in [2.75, 3.05) is 19.6 Å². The molecule has 1 aromatic heterocycles. The van der Waals surface area contributed by atoms with Gasteiger partial charge in [-0.1, -0.05) is 5.16 Å². The largest absolute Gasteiger partial charge is 0.360 e. The first-order chi connectivity index (χ1) is 8.26. The lowest BCUT2D eigenvalue weighted by Gasteiger charge is -2.33. The molecule has 3 rings (SSSR count). The van der Waals surface area contributed by atoms with Gasteiger partial charge in [0.1, 0.15) is 0 Å². The van der Waals surface area contributed by atoms with E-state index in [2.05, 4.69) is 22.3 Å². The molecule has 0 radical (unpaired) electrons. The van der Waals surface area contributed by atoms with Gasteiger partial charge in [0.05, 0.1) is 12.7 Å². The minimum absolute atomic E-state index is 0.302. The van der Waals surface area contributed by atoms with Crippen molar-refractivity contribution in [3.63, 3.8) is 0 Å². The monoisotopic (exact) mass is 235 g/mol. The maximum Gasteiger partial charge on any atom is 0.150 e. The molecule has 1 aromatic rings. The molecule has 1 aliphatic heterocycles. The van der Waals surface area contributed by atoms with Crippen LogP contribution in [0.2, 0.25) is 0 Å². The van der Waals surface area contributed by atoms with E-state index in [-0.39, 0.29) is 0 Å². The summed E-state index contributed by atoms with van der Waals surface area (Å²) in [7, 11) is 0. The lowest BCUT2D eigenvalue weighted by Crippen LogP contribution is -2.50. The number of aromatic nitrogens is 1. The molecule has 94 valence electrons. The second-order valence-corrected chi connectivity index (χ2v) is 5.66. The Morgan fingerprint density at radius 3 is 3.18 bits per heavy atom. The number of rotatable bonds is 3. The van der Waals surface area contributed by atoms with Crippen LogP contribution in [0.3, 0.4) is 0 Å². The number of hydrogen-bond donors (Lipinski definition) is 1. The first kappa shape index (κ1) is 11.2. The molecule has 1 atom stereocenters. The molecule has 1 N–H and O–H groups in total. The van der Waals surface area contributed by atoms with Gasteiger partial charge in [0.25, 0.3) is 0 Å². The van der Waals surface area contributed by atoms with Crippen molar-refractivity contribution in [3.05, 3.63) is 18.0 Å². The average Bonchev–Trinajstić information content (AvgIpc) is 3.07. The van der Waals surface area contributed by atoms with Crippen LogP contribution in [-0.2, 0) is 6.54 Å². The third kappa shape index (κ3) is 2.53. The van der Waals surface area contributed by atoms with E-state index < -0.39 is 0 Å². The van der Waals surface area contributed by atoms with Crippen molar-refractivity contribution >= 4 is 0 Å². The van der Waals surface area contributed by atoms with Crippen LogP contribution in [0.15, 0.2) is 16.8 Å². The molecule has 1 saturated carbocycles. The molecule has 2 heterocycles. The second kappa shape index (κ2) is 4.42. The SMILES string of the molecule is CC1(C2CC2)CN(Cc2ccno2)CCCN1. The summed E-state index contributed by atoms with van der Waals surface area (Å²) < 4.78 is 5.21. The standard InChI is InChI=1S/C13H21N3O/c1-13(11-3-4-11)10-16(8-2-6-14-13)9-12-5-7-15-17-12/h5,7,11,14H,2-4,6,8-10H2,1H3. The number of nitrogens with zero attached hydrogens (tertiary/aromatic N) is 2. The summed E-state index contributed by atoms with van der Waals surface area (Å²) in [5.41, 5.74) is 0.302. The van der Waals surface area contributed by atoms with Gasteiger partial charge in [-0.25, -0.2) is 0 Å². The Labute approximate surface area is 102 Å². The minimum Gasteiger partial charge on any atom is -0.360 e. The van der Waals surface area contributed by atoms with Crippen LogP contribution in [0.25, 0.3) is 0 Å². The first-order valence-electron chi connectivity index (χ1n) is 6.63. The molecule has 4 nitrogen and oxygen atoms in total. The summed E-state index contributed by atoms with van der Waals surface area (Å²) in [5, 5.41) is 7.52. The van der Waals surface area contributed by atoms with Crippen molar-refractivity contribution in [2.24, 2.45) is 5.92 Å². The maximum absolute atomic E-state index is 5.21. The van der Waals surface area contributed by atoms with E-state index in [0.717, 1.165) is 37.9 Å². The minimum atomic E-state index is 0.302. The fraction of sp³-hybridized carbons (Fsp3) is 0.769. The van der Waals surface area contributed by atoms with Gasteiger partial charge in [-0.2, -0.15) is 0 Å². The Balaban J connectivity index is 1.67. The van der Waals surface area contributed by atoms with E-state index in [0.29, 0.717) is 5.54 Å². The molecular weight excluding hydrogens is 214 g/mol. The predicted octanol–water partition coefficient (Wildman–Crippen LogP) is 1.64. The fourth-order valence-corrected chi connectivity index (χ4v) is 2.95. The van der Waals surface area contributed by atoms with Crippen LogP contribution in [0.5, 0.6) is 0 Å². The van der Waals surface area contributed by atoms with Gasteiger partial charge < -0.3 is 9.84 Å². The number of nitrogens with one attached hydrogen (secondary N) is 1. The van der Waals surface area contributed by atoms with E-state index in [9.17, 15) is 0 Å². The first-order valence-corrected chi connectivity index (χ1v) is 6.63. The lowest BCUT2D eigenvalue weighted by molar-refractivity contribution is 0.179. The molecule has 4 heteroatoms. The Bertz CT molecular complexity index is 361. The van der Waals surface area contributed by atoms with Gasteiger partial charge >= 0.3 is 0 Å². The highest BCUT2D eigenvalue weighted by Crippen LogP contribution is 2.40.